The fraction of sp³-hybridized carbons (Fsp3) is 0.333. The molecule has 7 heavy (non-hydrogen) atoms. The molecule has 0 N–H and O–H groups in total. The molecule has 0 nitrogen and oxygen atoms in total. The molecule has 0 unspecified atom stereocenters. The van der Waals surface area contributed by atoms with Crippen LogP contribution >= 0.6 is 8.19 Å². The fourth-order valence-corrected chi connectivity index (χ4v) is 1.60. The first-order chi connectivity index (χ1) is 3.29. The van der Waals surface area contributed by atoms with Gasteiger partial charge in [-0.15, -0.1) is 8.19 Å². The van der Waals surface area contributed by atoms with Crippen molar-refractivity contribution >= 4 is 8.19 Å². The molecule has 1 heterocycles. The highest BCUT2D eigenvalue weighted by Gasteiger charge is 1.82. The fourth-order valence-electron chi connectivity index (χ4n) is 0.644. The molecule has 1 aromatic rings. The summed E-state index contributed by atoms with van der Waals surface area (Å²) in [6.45, 7) is 4.34. The van der Waals surface area contributed by atoms with Gasteiger partial charge in [-0.25, -0.2) is 0 Å². The van der Waals surface area contributed by atoms with Gasteiger partial charge >= 0.3 is 0 Å². The molecule has 0 fully saturated rings. The summed E-state index contributed by atoms with van der Waals surface area (Å²) in [7, 11) is 0.978. The molecule has 1 aromatic heterocycles. The average molecular weight is 112 g/mol. The van der Waals surface area contributed by atoms with E-state index in [-0.39, 0.29) is 0 Å². The first-order valence-corrected chi connectivity index (χ1v) is 3.41. The van der Waals surface area contributed by atoms with E-state index in [1.165, 1.54) is 10.6 Å². The molecule has 0 atom stereocenters. The van der Waals surface area contributed by atoms with Crippen molar-refractivity contribution in [1.82, 2.24) is 0 Å². The van der Waals surface area contributed by atoms with Crippen LogP contribution in [0.15, 0.2) is 12.1 Å². The minimum atomic E-state index is 0.978. The van der Waals surface area contributed by atoms with Gasteiger partial charge in [0.2, 0.25) is 0 Å². The first-order valence-electron chi connectivity index (χ1n) is 2.41. The Hall–Kier alpha value is -0.220. The van der Waals surface area contributed by atoms with Crippen LogP contribution in [0.25, 0.3) is 0 Å². The molecule has 1 heteroatoms. The van der Waals surface area contributed by atoms with Crippen LogP contribution in [0.1, 0.15) is 10.6 Å². The summed E-state index contributed by atoms with van der Waals surface area (Å²) in [5.41, 5.74) is 0. The van der Waals surface area contributed by atoms with E-state index in [0.717, 1.165) is 8.19 Å². The van der Waals surface area contributed by atoms with E-state index >= 15 is 0 Å². The van der Waals surface area contributed by atoms with Crippen LogP contribution in [0.5, 0.6) is 0 Å². The normalized spacial score (nSPS) is 9.43. The largest absolute Gasteiger partial charge is 0.134 e. The lowest BCUT2D eigenvalue weighted by Gasteiger charge is -1.73. The lowest BCUT2D eigenvalue weighted by atomic mass is 10.5. The Morgan fingerprint density at radius 2 is 1.57 bits per heavy atom. The molecule has 38 valence electrons. The van der Waals surface area contributed by atoms with E-state index in [9.17, 15) is 0 Å². The molecule has 0 saturated carbocycles. The van der Waals surface area contributed by atoms with Crippen molar-refractivity contribution < 1.29 is 0 Å². The highest BCUT2D eigenvalue weighted by atomic mass is 31.0. The van der Waals surface area contributed by atoms with Crippen molar-refractivity contribution in [2.45, 2.75) is 13.8 Å². The average Bonchev–Trinajstić information content (AvgIpc) is 1.87. The standard InChI is InChI=1S/C6H9P/c1-5-3-4-6(2)7-5/h3-4,7H,1-2H3. The summed E-state index contributed by atoms with van der Waals surface area (Å²) in [6.07, 6.45) is 0. The monoisotopic (exact) mass is 112 g/mol. The molecule has 0 aliphatic carbocycles. The van der Waals surface area contributed by atoms with Gasteiger partial charge in [0.05, 0.1) is 0 Å². The van der Waals surface area contributed by atoms with Gasteiger partial charge in [0.1, 0.15) is 0 Å². The summed E-state index contributed by atoms with van der Waals surface area (Å²) in [5, 5.41) is 3.02. The van der Waals surface area contributed by atoms with Gasteiger partial charge in [-0.2, -0.15) is 0 Å². The summed E-state index contributed by atoms with van der Waals surface area (Å²) in [6, 6.07) is 4.38. The van der Waals surface area contributed by atoms with E-state index in [0.29, 0.717) is 0 Å². The Bertz CT molecular complexity index is 136. The molecule has 0 aliphatic heterocycles. The molecule has 0 radical (unpaired) electrons. The second-order valence-electron chi connectivity index (χ2n) is 1.82. The zero-order valence-electron chi connectivity index (χ0n) is 4.65. The topological polar surface area (TPSA) is 0 Å². The maximum atomic E-state index is 2.19. The van der Waals surface area contributed by atoms with E-state index in [4.69, 9.17) is 0 Å². The van der Waals surface area contributed by atoms with Crippen LogP contribution in [0, 0.1) is 13.8 Å². The smallest absolute Gasteiger partial charge is 0.0342 e. The molecule has 0 spiro atoms. The van der Waals surface area contributed by atoms with Gasteiger partial charge in [-0.1, -0.05) is 12.1 Å². The molecule has 0 aliphatic rings. The lowest BCUT2D eigenvalue weighted by Crippen LogP contribution is -1.41. The van der Waals surface area contributed by atoms with Crippen LogP contribution in [0.2, 0.25) is 0 Å². The predicted octanol–water partition coefficient (Wildman–Crippen LogP) is 2.33. The van der Waals surface area contributed by atoms with Crippen LogP contribution in [-0.2, 0) is 0 Å². The van der Waals surface area contributed by atoms with Crippen molar-refractivity contribution in [1.29, 1.82) is 0 Å². The second kappa shape index (κ2) is 1.71. The summed E-state index contributed by atoms with van der Waals surface area (Å²) >= 11 is 0. The Kier molecular flexibility index (Phi) is 1.21. The van der Waals surface area contributed by atoms with E-state index in [1.807, 2.05) is 0 Å². The van der Waals surface area contributed by atoms with Crippen molar-refractivity contribution in [3.63, 3.8) is 0 Å². The highest BCUT2D eigenvalue weighted by Crippen LogP contribution is 2.18. The second-order valence-corrected chi connectivity index (χ2v) is 3.65. The molecule has 0 bridgehead atoms. The predicted molar refractivity (Wildman–Crippen MR) is 35.4 cm³/mol. The molecule has 0 saturated heterocycles. The third-order valence-corrected chi connectivity index (χ3v) is 2.10. The lowest BCUT2D eigenvalue weighted by molar-refractivity contribution is 1.61. The first kappa shape index (κ1) is 4.93. The summed E-state index contributed by atoms with van der Waals surface area (Å²) in [4.78, 5) is 0. The van der Waals surface area contributed by atoms with Gasteiger partial charge in [0.25, 0.3) is 0 Å². The minimum Gasteiger partial charge on any atom is -0.134 e. The summed E-state index contributed by atoms with van der Waals surface area (Å²) in [5.74, 6) is 0. The van der Waals surface area contributed by atoms with Gasteiger partial charge in [-0.3, -0.25) is 0 Å². The summed E-state index contributed by atoms with van der Waals surface area (Å²) < 4.78 is 0. The number of hydrogen-bond donors (Lipinski definition) is 0. The minimum absolute atomic E-state index is 0.978. The van der Waals surface area contributed by atoms with Crippen LogP contribution in [0.4, 0.5) is 0 Å². The molecule has 0 aromatic carbocycles. The van der Waals surface area contributed by atoms with Gasteiger partial charge in [-0.05, 0) is 24.4 Å². The maximum Gasteiger partial charge on any atom is -0.0342 e. The zero-order chi connectivity index (χ0) is 5.28. The van der Waals surface area contributed by atoms with Crippen LogP contribution in [-0.4, -0.2) is 0 Å². The third-order valence-electron chi connectivity index (χ3n) is 0.978. The van der Waals surface area contributed by atoms with E-state index < -0.39 is 0 Å². The van der Waals surface area contributed by atoms with Crippen LogP contribution in [0.3, 0.4) is 0 Å². The Balaban J connectivity index is 3.04. The van der Waals surface area contributed by atoms with Gasteiger partial charge in [0, 0.05) is 0 Å². The van der Waals surface area contributed by atoms with Gasteiger partial charge in [0.15, 0.2) is 0 Å². The number of rotatable bonds is 0. The van der Waals surface area contributed by atoms with Crippen molar-refractivity contribution in [2.24, 2.45) is 0 Å². The SMILES string of the molecule is Cc1ccc(C)[pH]1. The van der Waals surface area contributed by atoms with E-state index in [1.54, 1.807) is 0 Å². The van der Waals surface area contributed by atoms with Gasteiger partial charge < -0.3 is 0 Å². The molecular weight excluding hydrogens is 103 g/mol. The van der Waals surface area contributed by atoms with E-state index in [2.05, 4.69) is 26.0 Å². The highest BCUT2D eigenvalue weighted by molar-refractivity contribution is 7.31. The maximum absolute atomic E-state index is 2.19. The Morgan fingerprint density at radius 3 is 1.71 bits per heavy atom. The van der Waals surface area contributed by atoms with Crippen molar-refractivity contribution in [3.05, 3.63) is 22.7 Å². The number of hydrogen-bond acceptors (Lipinski definition) is 0. The van der Waals surface area contributed by atoms with Crippen molar-refractivity contribution in [3.8, 4) is 0 Å². The molecule has 1 rings (SSSR count). The Labute approximate surface area is 45.6 Å². The third kappa shape index (κ3) is 1.07. The van der Waals surface area contributed by atoms with Crippen molar-refractivity contribution in [2.75, 3.05) is 0 Å². The molecular formula is C6H9P. The quantitative estimate of drug-likeness (QED) is 0.483. The zero-order valence-corrected chi connectivity index (χ0v) is 5.65. The van der Waals surface area contributed by atoms with Crippen LogP contribution < -0.4 is 0 Å². The number of aryl methyl sites for hydroxylation is 2. The Morgan fingerprint density at radius 1 is 1.14 bits per heavy atom. The molecule has 0 amide bonds.